The van der Waals surface area contributed by atoms with E-state index in [1.807, 2.05) is 10.6 Å². The van der Waals surface area contributed by atoms with Crippen LogP contribution in [0.15, 0.2) is 29.9 Å². The van der Waals surface area contributed by atoms with Gasteiger partial charge in [-0.25, -0.2) is 4.98 Å². The fourth-order valence-electron chi connectivity index (χ4n) is 2.19. The fraction of sp³-hybridized carbons (Fsp3) is 0.286. The number of aryl methyl sites for hydroxylation is 2. The molecule has 3 heterocycles. The molecule has 98 valence electrons. The largest absolute Gasteiger partial charge is 0.365 e. The molecule has 0 bridgehead atoms. The van der Waals surface area contributed by atoms with E-state index < -0.39 is 0 Å². The zero-order valence-corrected chi connectivity index (χ0v) is 11.9. The Morgan fingerprint density at radius 1 is 1.37 bits per heavy atom. The Labute approximate surface area is 116 Å². The van der Waals surface area contributed by atoms with E-state index in [2.05, 4.69) is 46.8 Å². The van der Waals surface area contributed by atoms with Gasteiger partial charge in [0.25, 0.3) is 0 Å². The van der Waals surface area contributed by atoms with E-state index in [-0.39, 0.29) is 0 Å². The molecule has 0 unspecified atom stereocenters. The summed E-state index contributed by atoms with van der Waals surface area (Å²) in [6, 6.07) is 6.32. The number of thiophene rings is 1. The Hall–Kier alpha value is -1.88. The molecule has 0 saturated heterocycles. The van der Waals surface area contributed by atoms with Crippen molar-refractivity contribution in [3.63, 3.8) is 0 Å². The van der Waals surface area contributed by atoms with Crippen molar-refractivity contribution >= 4 is 22.8 Å². The molecule has 0 aliphatic heterocycles. The van der Waals surface area contributed by atoms with Gasteiger partial charge < -0.3 is 5.32 Å². The molecule has 0 radical (unpaired) electrons. The molecule has 0 aromatic carbocycles. The van der Waals surface area contributed by atoms with Gasteiger partial charge in [0, 0.05) is 4.88 Å². The number of anilines is 1. The maximum Gasteiger partial charge on any atom is 0.157 e. The summed E-state index contributed by atoms with van der Waals surface area (Å²) in [5.74, 6) is 0.989. The molecule has 19 heavy (non-hydrogen) atoms. The molecule has 0 aliphatic carbocycles. The molecule has 0 atom stereocenters. The summed E-state index contributed by atoms with van der Waals surface area (Å²) < 4.78 is 1.84. The lowest BCUT2D eigenvalue weighted by Crippen LogP contribution is -2.05. The van der Waals surface area contributed by atoms with E-state index in [9.17, 15) is 0 Å². The molecule has 5 heteroatoms. The minimum atomic E-state index is 0.833. The van der Waals surface area contributed by atoms with Crippen molar-refractivity contribution in [3.8, 4) is 0 Å². The number of hydrogen-bond acceptors (Lipinski definition) is 4. The van der Waals surface area contributed by atoms with E-state index in [1.54, 1.807) is 17.7 Å². The van der Waals surface area contributed by atoms with Crippen molar-refractivity contribution in [3.05, 3.63) is 45.9 Å². The van der Waals surface area contributed by atoms with Crippen molar-refractivity contribution < 1.29 is 0 Å². The highest BCUT2D eigenvalue weighted by Crippen LogP contribution is 2.20. The molecule has 0 spiro atoms. The van der Waals surface area contributed by atoms with Gasteiger partial charge in [0.05, 0.1) is 6.54 Å². The van der Waals surface area contributed by atoms with Crippen molar-refractivity contribution in [1.29, 1.82) is 0 Å². The lowest BCUT2D eigenvalue weighted by atomic mass is 10.2. The van der Waals surface area contributed by atoms with Gasteiger partial charge in [0.1, 0.15) is 12.1 Å². The van der Waals surface area contributed by atoms with Crippen LogP contribution in [0.5, 0.6) is 0 Å². The van der Waals surface area contributed by atoms with Crippen molar-refractivity contribution in [2.24, 2.45) is 0 Å². The first kappa shape index (κ1) is 12.2. The highest BCUT2D eigenvalue weighted by molar-refractivity contribution is 7.10. The molecule has 0 aliphatic rings. The molecule has 0 saturated carbocycles. The Morgan fingerprint density at radius 3 is 3.11 bits per heavy atom. The smallest absolute Gasteiger partial charge is 0.157 e. The summed E-state index contributed by atoms with van der Waals surface area (Å²) in [6.45, 7) is 5.09. The third-order valence-corrected chi connectivity index (χ3v) is 4.14. The number of pyridine rings is 1. The summed E-state index contributed by atoms with van der Waals surface area (Å²) in [5, 5.41) is 9.86. The van der Waals surface area contributed by atoms with Crippen molar-refractivity contribution in [2.45, 2.75) is 26.8 Å². The standard InChI is InChI=1S/C14H16N4S/c1-3-11-4-5-19-12(11)8-15-13-6-10(2)7-14-16-9-17-18(13)14/h4-7,9,15H,3,8H2,1-2H3. The first-order chi connectivity index (χ1) is 9.28. The summed E-state index contributed by atoms with van der Waals surface area (Å²) in [5.41, 5.74) is 3.48. The molecule has 0 amide bonds. The highest BCUT2D eigenvalue weighted by Gasteiger charge is 2.06. The molecule has 3 rings (SSSR count). The van der Waals surface area contributed by atoms with Gasteiger partial charge in [-0.3, -0.25) is 0 Å². The van der Waals surface area contributed by atoms with Crippen LogP contribution in [-0.2, 0) is 13.0 Å². The molecular formula is C14H16N4S. The zero-order chi connectivity index (χ0) is 13.2. The van der Waals surface area contributed by atoms with E-state index in [0.29, 0.717) is 0 Å². The van der Waals surface area contributed by atoms with Crippen LogP contribution in [0.3, 0.4) is 0 Å². The van der Waals surface area contributed by atoms with Gasteiger partial charge in [-0.15, -0.1) is 11.3 Å². The van der Waals surface area contributed by atoms with Crippen LogP contribution >= 0.6 is 11.3 Å². The SMILES string of the molecule is CCc1ccsc1CNc1cc(C)cc2ncnn12. The Bertz CT molecular complexity index is 698. The fourth-order valence-corrected chi connectivity index (χ4v) is 3.11. The van der Waals surface area contributed by atoms with Crippen LogP contribution in [0.1, 0.15) is 22.9 Å². The molecule has 4 nitrogen and oxygen atoms in total. The zero-order valence-electron chi connectivity index (χ0n) is 11.1. The van der Waals surface area contributed by atoms with Crippen LogP contribution in [0.2, 0.25) is 0 Å². The van der Waals surface area contributed by atoms with Crippen LogP contribution in [0.25, 0.3) is 5.65 Å². The van der Waals surface area contributed by atoms with Gasteiger partial charge in [-0.1, -0.05) is 6.92 Å². The van der Waals surface area contributed by atoms with E-state index in [1.165, 1.54) is 16.0 Å². The predicted octanol–water partition coefficient (Wildman–Crippen LogP) is 3.27. The minimum absolute atomic E-state index is 0.833. The van der Waals surface area contributed by atoms with Gasteiger partial charge >= 0.3 is 0 Å². The summed E-state index contributed by atoms with van der Waals surface area (Å²) >= 11 is 1.80. The Balaban J connectivity index is 1.87. The number of rotatable bonds is 4. The molecular weight excluding hydrogens is 256 g/mol. The number of hydrogen-bond donors (Lipinski definition) is 1. The van der Waals surface area contributed by atoms with E-state index >= 15 is 0 Å². The quantitative estimate of drug-likeness (QED) is 0.792. The number of fused-ring (bicyclic) bond motifs is 1. The third-order valence-electron chi connectivity index (χ3n) is 3.17. The van der Waals surface area contributed by atoms with Crippen molar-refractivity contribution in [1.82, 2.24) is 14.6 Å². The number of nitrogens with zero attached hydrogens (tertiary/aromatic N) is 3. The molecule has 1 N–H and O–H groups in total. The van der Waals surface area contributed by atoms with Crippen LogP contribution < -0.4 is 5.32 Å². The molecule has 3 aromatic heterocycles. The predicted molar refractivity (Wildman–Crippen MR) is 78.7 cm³/mol. The lowest BCUT2D eigenvalue weighted by molar-refractivity contribution is 0.940. The first-order valence-corrected chi connectivity index (χ1v) is 7.25. The maximum absolute atomic E-state index is 4.25. The van der Waals surface area contributed by atoms with Gasteiger partial charge in [0.15, 0.2) is 5.65 Å². The first-order valence-electron chi connectivity index (χ1n) is 6.37. The molecule has 3 aromatic rings. The second-order valence-electron chi connectivity index (χ2n) is 4.52. The lowest BCUT2D eigenvalue weighted by Gasteiger charge is -2.09. The van der Waals surface area contributed by atoms with Crippen LogP contribution in [0.4, 0.5) is 5.82 Å². The van der Waals surface area contributed by atoms with Gasteiger partial charge in [0.2, 0.25) is 0 Å². The summed E-state index contributed by atoms with van der Waals surface area (Å²) in [6.07, 6.45) is 2.66. The number of aromatic nitrogens is 3. The van der Waals surface area contributed by atoms with Crippen molar-refractivity contribution in [2.75, 3.05) is 5.32 Å². The maximum atomic E-state index is 4.25. The highest BCUT2D eigenvalue weighted by atomic mass is 32.1. The second-order valence-corrected chi connectivity index (χ2v) is 5.52. The summed E-state index contributed by atoms with van der Waals surface area (Å²) in [7, 11) is 0. The Kier molecular flexibility index (Phi) is 3.21. The normalized spacial score (nSPS) is 11.1. The van der Waals surface area contributed by atoms with Crippen LogP contribution in [0, 0.1) is 6.92 Å². The monoisotopic (exact) mass is 272 g/mol. The summed E-state index contributed by atoms with van der Waals surface area (Å²) in [4.78, 5) is 5.62. The average Bonchev–Trinajstić information content (AvgIpc) is 3.03. The topological polar surface area (TPSA) is 42.2 Å². The third kappa shape index (κ3) is 2.33. The second kappa shape index (κ2) is 5.01. The average molecular weight is 272 g/mol. The van der Waals surface area contributed by atoms with E-state index in [4.69, 9.17) is 0 Å². The van der Waals surface area contributed by atoms with E-state index in [0.717, 1.165) is 24.4 Å². The van der Waals surface area contributed by atoms with Gasteiger partial charge in [-0.2, -0.15) is 9.61 Å². The van der Waals surface area contributed by atoms with Gasteiger partial charge in [-0.05, 0) is 48.1 Å². The minimum Gasteiger partial charge on any atom is -0.365 e. The van der Waals surface area contributed by atoms with Crippen LogP contribution in [-0.4, -0.2) is 14.6 Å². The number of nitrogens with one attached hydrogen (secondary N) is 1. The molecule has 0 fully saturated rings. The Morgan fingerprint density at radius 2 is 2.26 bits per heavy atom.